The van der Waals surface area contributed by atoms with Crippen LogP contribution >= 0.6 is 0 Å². The van der Waals surface area contributed by atoms with Crippen molar-refractivity contribution in [3.05, 3.63) is 24.0 Å². The highest BCUT2D eigenvalue weighted by molar-refractivity contribution is 6.00. The molecule has 0 radical (unpaired) electrons. The third-order valence-electron chi connectivity index (χ3n) is 7.26. The number of anilines is 1. The molecule has 0 aromatic carbocycles. The average molecular weight is 414 g/mol. The van der Waals surface area contributed by atoms with E-state index in [4.69, 9.17) is 5.73 Å². The molecule has 3 fully saturated rings. The van der Waals surface area contributed by atoms with Gasteiger partial charge in [0.1, 0.15) is 0 Å². The molecule has 1 aliphatic carbocycles. The number of amides is 2. The summed E-state index contributed by atoms with van der Waals surface area (Å²) in [6.45, 7) is 3.26. The molecule has 164 valence electrons. The van der Waals surface area contributed by atoms with Gasteiger partial charge in [-0.3, -0.25) is 19.9 Å². The summed E-state index contributed by atoms with van der Waals surface area (Å²) >= 11 is 0. The second kappa shape index (κ2) is 9.43. The number of hydrogen-bond acceptors (Lipinski definition) is 6. The molecule has 0 spiro atoms. The number of nitrogens with two attached hydrogens (primary N) is 1. The van der Waals surface area contributed by atoms with Crippen LogP contribution in [0.2, 0.25) is 0 Å². The second-order valence-corrected chi connectivity index (χ2v) is 9.38. The summed E-state index contributed by atoms with van der Waals surface area (Å²) in [5.74, 6) is 0.0744. The van der Waals surface area contributed by atoms with E-state index in [1.165, 1.54) is 32.2 Å². The molecule has 1 aromatic heterocycles. The highest BCUT2D eigenvalue weighted by Crippen LogP contribution is 2.28. The van der Waals surface area contributed by atoms with Crippen LogP contribution in [0.4, 0.5) is 5.69 Å². The lowest BCUT2D eigenvalue weighted by Crippen LogP contribution is -2.45. The molecular weight excluding hydrogens is 378 g/mol. The van der Waals surface area contributed by atoms with Crippen LogP contribution in [-0.4, -0.2) is 60.5 Å². The number of carbonyl (C=O) groups is 2. The zero-order valence-corrected chi connectivity index (χ0v) is 18.1. The molecule has 3 aliphatic rings. The van der Waals surface area contributed by atoms with Crippen molar-refractivity contribution in [2.24, 2.45) is 11.7 Å². The van der Waals surface area contributed by atoms with Gasteiger partial charge in [-0.15, -0.1) is 0 Å². The molecule has 2 aliphatic heterocycles. The van der Waals surface area contributed by atoms with Crippen LogP contribution in [0.3, 0.4) is 0 Å². The standard InChI is InChI=1S/C23H35N5O2/c1-27(15-16-2-4-17(24)5-3-16)18-10-12-28(13-11-18)19-6-8-21(25-14-19)20-7-9-22(29)26-23(20)30/h6,8,14,16-18,20H,2-5,7,9-13,15,24H2,1H3,(H,26,29,30). The summed E-state index contributed by atoms with van der Waals surface area (Å²) in [5.41, 5.74) is 7.92. The lowest BCUT2D eigenvalue weighted by atomic mass is 9.86. The van der Waals surface area contributed by atoms with Crippen LogP contribution in [0.1, 0.15) is 63.0 Å². The van der Waals surface area contributed by atoms with Crippen LogP contribution < -0.4 is 16.0 Å². The van der Waals surface area contributed by atoms with Gasteiger partial charge in [-0.05, 0) is 70.0 Å². The molecule has 1 atom stereocenters. The van der Waals surface area contributed by atoms with E-state index in [1.54, 1.807) is 0 Å². The molecule has 0 bridgehead atoms. The van der Waals surface area contributed by atoms with Crippen molar-refractivity contribution in [3.63, 3.8) is 0 Å². The van der Waals surface area contributed by atoms with E-state index < -0.39 is 0 Å². The Labute approximate surface area is 179 Å². The van der Waals surface area contributed by atoms with E-state index in [1.807, 2.05) is 12.3 Å². The van der Waals surface area contributed by atoms with Crippen molar-refractivity contribution < 1.29 is 9.59 Å². The van der Waals surface area contributed by atoms with Crippen molar-refractivity contribution in [1.82, 2.24) is 15.2 Å². The monoisotopic (exact) mass is 413 g/mol. The fourth-order valence-electron chi connectivity index (χ4n) is 5.26. The van der Waals surface area contributed by atoms with Crippen molar-refractivity contribution in [2.75, 3.05) is 31.6 Å². The summed E-state index contributed by atoms with van der Waals surface area (Å²) in [7, 11) is 2.28. The predicted octanol–water partition coefficient (Wildman–Crippen LogP) is 2.02. The maximum atomic E-state index is 12.1. The number of imide groups is 1. The van der Waals surface area contributed by atoms with E-state index >= 15 is 0 Å². The summed E-state index contributed by atoms with van der Waals surface area (Å²) in [6, 6.07) is 5.08. The van der Waals surface area contributed by atoms with Gasteiger partial charge >= 0.3 is 0 Å². The van der Waals surface area contributed by atoms with Gasteiger partial charge in [-0.1, -0.05) is 0 Å². The quantitative estimate of drug-likeness (QED) is 0.718. The Morgan fingerprint density at radius 1 is 1.10 bits per heavy atom. The van der Waals surface area contributed by atoms with Crippen LogP contribution in [0, 0.1) is 5.92 Å². The van der Waals surface area contributed by atoms with Crippen LogP contribution in [-0.2, 0) is 9.59 Å². The minimum atomic E-state index is -0.314. The number of pyridine rings is 1. The minimum absolute atomic E-state index is 0.187. The van der Waals surface area contributed by atoms with E-state index in [0.29, 0.717) is 24.9 Å². The molecule has 2 saturated heterocycles. The first kappa shape index (κ1) is 21.2. The predicted molar refractivity (Wildman–Crippen MR) is 117 cm³/mol. The zero-order valence-electron chi connectivity index (χ0n) is 18.1. The molecular formula is C23H35N5O2. The van der Waals surface area contributed by atoms with Gasteiger partial charge in [0.2, 0.25) is 11.8 Å². The minimum Gasteiger partial charge on any atom is -0.370 e. The maximum Gasteiger partial charge on any atom is 0.235 e. The van der Waals surface area contributed by atoms with Gasteiger partial charge in [-0.2, -0.15) is 0 Å². The Kier molecular flexibility index (Phi) is 6.68. The summed E-state index contributed by atoms with van der Waals surface area (Å²) < 4.78 is 0. The van der Waals surface area contributed by atoms with Gasteiger partial charge in [0.15, 0.2) is 0 Å². The lowest BCUT2D eigenvalue weighted by molar-refractivity contribution is -0.134. The third-order valence-corrected chi connectivity index (χ3v) is 7.26. The Bertz CT molecular complexity index is 736. The Balaban J connectivity index is 1.26. The Hall–Kier alpha value is -1.99. The van der Waals surface area contributed by atoms with Crippen molar-refractivity contribution in [2.45, 2.75) is 69.4 Å². The van der Waals surface area contributed by atoms with Crippen LogP contribution in [0.5, 0.6) is 0 Å². The third kappa shape index (κ3) is 5.01. The zero-order chi connectivity index (χ0) is 21.1. The Morgan fingerprint density at radius 2 is 1.83 bits per heavy atom. The largest absolute Gasteiger partial charge is 0.370 e. The smallest absolute Gasteiger partial charge is 0.235 e. The highest BCUT2D eigenvalue weighted by atomic mass is 16.2. The van der Waals surface area contributed by atoms with Crippen molar-refractivity contribution >= 4 is 17.5 Å². The molecule has 2 amide bonds. The summed E-state index contributed by atoms with van der Waals surface area (Å²) in [5, 5.41) is 2.41. The van der Waals surface area contributed by atoms with Gasteiger partial charge in [0.25, 0.3) is 0 Å². The molecule has 1 aromatic rings. The molecule has 3 heterocycles. The molecule has 7 nitrogen and oxygen atoms in total. The van der Waals surface area contributed by atoms with Gasteiger partial charge in [-0.25, -0.2) is 0 Å². The van der Waals surface area contributed by atoms with Crippen molar-refractivity contribution in [3.8, 4) is 0 Å². The topological polar surface area (TPSA) is 91.6 Å². The summed E-state index contributed by atoms with van der Waals surface area (Å²) in [6.07, 6.45) is 10.0. The first-order chi connectivity index (χ1) is 14.5. The molecule has 1 saturated carbocycles. The first-order valence-corrected chi connectivity index (χ1v) is 11.5. The lowest BCUT2D eigenvalue weighted by Gasteiger charge is -2.39. The fraction of sp³-hybridized carbons (Fsp3) is 0.696. The van der Waals surface area contributed by atoms with Crippen LogP contribution in [0.15, 0.2) is 18.3 Å². The van der Waals surface area contributed by atoms with Crippen LogP contribution in [0.25, 0.3) is 0 Å². The van der Waals surface area contributed by atoms with Gasteiger partial charge in [0.05, 0.1) is 23.5 Å². The Morgan fingerprint density at radius 3 is 2.47 bits per heavy atom. The number of piperidine rings is 2. The van der Waals surface area contributed by atoms with Gasteiger partial charge in [0, 0.05) is 38.1 Å². The number of carbonyl (C=O) groups excluding carboxylic acids is 2. The SMILES string of the molecule is CN(CC1CCC(N)CC1)C1CCN(c2ccc(C3CCC(=O)NC3=O)nc2)CC1. The number of rotatable bonds is 5. The van der Waals surface area contributed by atoms with E-state index in [-0.39, 0.29) is 17.7 Å². The fourth-order valence-corrected chi connectivity index (χ4v) is 5.26. The van der Waals surface area contributed by atoms with E-state index in [0.717, 1.165) is 43.2 Å². The van der Waals surface area contributed by atoms with Gasteiger partial charge < -0.3 is 15.5 Å². The maximum absolute atomic E-state index is 12.1. The second-order valence-electron chi connectivity index (χ2n) is 9.38. The van der Waals surface area contributed by atoms with E-state index in [2.05, 4.69) is 33.2 Å². The first-order valence-electron chi connectivity index (χ1n) is 11.5. The normalized spacial score (nSPS) is 28.6. The molecule has 1 unspecified atom stereocenters. The number of hydrogen-bond donors (Lipinski definition) is 2. The highest BCUT2D eigenvalue weighted by Gasteiger charge is 2.30. The number of nitrogens with one attached hydrogen (secondary N) is 1. The molecule has 4 rings (SSSR count). The average Bonchev–Trinajstić information content (AvgIpc) is 2.76. The summed E-state index contributed by atoms with van der Waals surface area (Å²) in [4.78, 5) is 32.9. The number of nitrogens with zero attached hydrogens (tertiary/aromatic N) is 3. The van der Waals surface area contributed by atoms with Crippen molar-refractivity contribution in [1.29, 1.82) is 0 Å². The molecule has 30 heavy (non-hydrogen) atoms. The molecule has 7 heteroatoms. The van der Waals surface area contributed by atoms with E-state index in [9.17, 15) is 9.59 Å². The number of aromatic nitrogens is 1. The molecule has 3 N–H and O–H groups in total.